The molecule has 0 aromatic heterocycles. The van der Waals surface area contributed by atoms with Crippen LogP contribution in [0.1, 0.15) is 25.3 Å². The highest BCUT2D eigenvalue weighted by Gasteiger charge is 2.17. The molecule has 0 heterocycles. The van der Waals surface area contributed by atoms with E-state index in [1.165, 1.54) is 12.1 Å². The first-order valence-corrected chi connectivity index (χ1v) is 8.88. The molecular formula is C19H21ClN2O5. The fourth-order valence-electron chi connectivity index (χ4n) is 2.43. The van der Waals surface area contributed by atoms with Gasteiger partial charge in [-0.2, -0.15) is 0 Å². The summed E-state index contributed by atoms with van der Waals surface area (Å²) in [5, 5.41) is 14.4. The Labute approximate surface area is 162 Å². The molecule has 7 nitrogen and oxygen atoms in total. The zero-order chi connectivity index (χ0) is 19.8. The lowest BCUT2D eigenvalue weighted by atomic mass is 10.2. The summed E-state index contributed by atoms with van der Waals surface area (Å²) in [6.07, 6.45) is 0.649. The minimum Gasteiger partial charge on any atom is -0.494 e. The van der Waals surface area contributed by atoms with Crippen molar-refractivity contribution in [3.63, 3.8) is 0 Å². The number of anilines is 1. The lowest BCUT2D eigenvalue weighted by Crippen LogP contribution is -2.14. The average molecular weight is 393 g/mol. The second kappa shape index (κ2) is 9.78. The molecule has 8 heteroatoms. The van der Waals surface area contributed by atoms with E-state index in [0.29, 0.717) is 36.2 Å². The Morgan fingerprint density at radius 3 is 2.67 bits per heavy atom. The number of nitrogens with one attached hydrogen (secondary N) is 1. The van der Waals surface area contributed by atoms with Crippen LogP contribution in [0.3, 0.4) is 0 Å². The SMILES string of the molecule is CCOc1ccc(NC(=O)CCCOc2ccc(Cl)cc2C)c([N+](=O)[O-])c1. The topological polar surface area (TPSA) is 90.7 Å². The molecule has 0 spiro atoms. The summed E-state index contributed by atoms with van der Waals surface area (Å²) in [5.41, 5.74) is 0.849. The molecule has 2 aromatic carbocycles. The Balaban J connectivity index is 1.87. The highest BCUT2D eigenvalue weighted by molar-refractivity contribution is 6.30. The number of hydrogen-bond donors (Lipinski definition) is 1. The first-order valence-electron chi connectivity index (χ1n) is 8.50. The van der Waals surface area contributed by atoms with Gasteiger partial charge in [0, 0.05) is 11.4 Å². The van der Waals surface area contributed by atoms with E-state index in [0.717, 1.165) is 5.56 Å². The van der Waals surface area contributed by atoms with Gasteiger partial charge >= 0.3 is 0 Å². The number of nitro groups is 1. The molecule has 0 unspecified atom stereocenters. The minimum absolute atomic E-state index is 0.142. The number of carbonyl (C=O) groups is 1. The van der Waals surface area contributed by atoms with Crippen molar-refractivity contribution in [3.8, 4) is 11.5 Å². The van der Waals surface area contributed by atoms with Gasteiger partial charge in [0.05, 0.1) is 24.2 Å². The molecule has 0 fully saturated rings. The molecule has 0 aliphatic rings. The summed E-state index contributed by atoms with van der Waals surface area (Å²) in [4.78, 5) is 22.7. The summed E-state index contributed by atoms with van der Waals surface area (Å²) in [6, 6.07) is 9.66. The number of aryl methyl sites for hydroxylation is 1. The van der Waals surface area contributed by atoms with E-state index in [4.69, 9.17) is 21.1 Å². The first-order chi connectivity index (χ1) is 12.9. The van der Waals surface area contributed by atoms with Gasteiger partial charge in [-0.3, -0.25) is 14.9 Å². The van der Waals surface area contributed by atoms with Gasteiger partial charge in [0.2, 0.25) is 5.91 Å². The van der Waals surface area contributed by atoms with Gasteiger partial charge in [-0.1, -0.05) is 11.6 Å². The lowest BCUT2D eigenvalue weighted by molar-refractivity contribution is -0.384. The molecule has 0 atom stereocenters. The van der Waals surface area contributed by atoms with Gasteiger partial charge in [-0.05, 0) is 56.2 Å². The molecule has 0 saturated heterocycles. The van der Waals surface area contributed by atoms with Gasteiger partial charge < -0.3 is 14.8 Å². The van der Waals surface area contributed by atoms with E-state index in [1.807, 2.05) is 6.92 Å². The fraction of sp³-hybridized carbons (Fsp3) is 0.316. The van der Waals surface area contributed by atoms with Gasteiger partial charge in [0.1, 0.15) is 17.2 Å². The third-order valence-electron chi connectivity index (χ3n) is 3.69. The normalized spacial score (nSPS) is 10.3. The maximum Gasteiger partial charge on any atom is 0.296 e. The monoisotopic (exact) mass is 392 g/mol. The Kier molecular flexibility index (Phi) is 7.43. The molecule has 1 amide bonds. The van der Waals surface area contributed by atoms with Crippen molar-refractivity contribution >= 4 is 28.9 Å². The van der Waals surface area contributed by atoms with Crippen molar-refractivity contribution in [3.05, 3.63) is 57.1 Å². The number of nitro benzene ring substituents is 1. The predicted molar refractivity (Wildman–Crippen MR) is 104 cm³/mol. The van der Waals surface area contributed by atoms with Crippen molar-refractivity contribution < 1.29 is 19.2 Å². The summed E-state index contributed by atoms with van der Waals surface area (Å²) in [5.74, 6) is 0.773. The van der Waals surface area contributed by atoms with E-state index in [-0.39, 0.29) is 23.7 Å². The third-order valence-corrected chi connectivity index (χ3v) is 3.93. The Bertz CT molecular complexity index is 826. The van der Waals surface area contributed by atoms with Crippen LogP contribution < -0.4 is 14.8 Å². The second-order valence-corrected chi connectivity index (χ2v) is 6.22. The molecule has 0 bridgehead atoms. The third kappa shape index (κ3) is 6.14. The van der Waals surface area contributed by atoms with Crippen molar-refractivity contribution in [1.29, 1.82) is 0 Å². The second-order valence-electron chi connectivity index (χ2n) is 5.78. The molecule has 1 N–H and O–H groups in total. The molecule has 0 saturated carbocycles. The number of carbonyl (C=O) groups excluding carboxylic acids is 1. The summed E-state index contributed by atoms with van der Waals surface area (Å²) in [7, 11) is 0. The van der Waals surface area contributed by atoms with E-state index >= 15 is 0 Å². The van der Waals surface area contributed by atoms with Crippen LogP contribution in [0.4, 0.5) is 11.4 Å². The number of benzene rings is 2. The van der Waals surface area contributed by atoms with E-state index in [9.17, 15) is 14.9 Å². The van der Waals surface area contributed by atoms with Crippen LogP contribution >= 0.6 is 11.6 Å². The van der Waals surface area contributed by atoms with Gasteiger partial charge in [0.15, 0.2) is 0 Å². The molecule has 27 heavy (non-hydrogen) atoms. The van der Waals surface area contributed by atoms with E-state index in [1.54, 1.807) is 31.2 Å². The van der Waals surface area contributed by atoms with Crippen LogP contribution in [0.5, 0.6) is 11.5 Å². The Morgan fingerprint density at radius 1 is 1.22 bits per heavy atom. The summed E-state index contributed by atoms with van der Waals surface area (Å²) in [6.45, 7) is 4.42. The van der Waals surface area contributed by atoms with Crippen molar-refractivity contribution in [2.45, 2.75) is 26.7 Å². The number of amides is 1. The number of ether oxygens (including phenoxy) is 2. The van der Waals surface area contributed by atoms with Crippen LogP contribution in [0.15, 0.2) is 36.4 Å². The Hall–Kier alpha value is -2.80. The zero-order valence-corrected chi connectivity index (χ0v) is 15.9. The summed E-state index contributed by atoms with van der Waals surface area (Å²) < 4.78 is 10.9. The van der Waals surface area contributed by atoms with Crippen LogP contribution in [0.2, 0.25) is 5.02 Å². The predicted octanol–water partition coefficient (Wildman–Crippen LogP) is 4.75. The minimum atomic E-state index is -0.551. The molecule has 2 rings (SSSR count). The first kappa shape index (κ1) is 20.5. The van der Waals surface area contributed by atoms with Crippen LogP contribution in [0.25, 0.3) is 0 Å². The Morgan fingerprint density at radius 2 is 2.00 bits per heavy atom. The van der Waals surface area contributed by atoms with Crippen LogP contribution in [-0.4, -0.2) is 24.0 Å². The molecule has 0 radical (unpaired) electrons. The average Bonchev–Trinajstić information content (AvgIpc) is 2.61. The molecule has 0 aliphatic carbocycles. The molecular weight excluding hydrogens is 372 g/mol. The highest BCUT2D eigenvalue weighted by Crippen LogP contribution is 2.29. The number of halogens is 1. The standard InChI is InChI=1S/C19H21ClN2O5/c1-3-26-15-7-8-16(17(12-15)22(24)25)21-19(23)5-4-10-27-18-9-6-14(20)11-13(18)2/h6-9,11-12H,3-5,10H2,1-2H3,(H,21,23). The largest absolute Gasteiger partial charge is 0.494 e. The van der Waals surface area contributed by atoms with Crippen molar-refractivity contribution in [2.75, 3.05) is 18.5 Å². The number of nitrogens with zero attached hydrogens (tertiary/aromatic N) is 1. The molecule has 0 aliphatic heterocycles. The van der Waals surface area contributed by atoms with Crippen molar-refractivity contribution in [2.24, 2.45) is 0 Å². The quantitative estimate of drug-likeness (QED) is 0.377. The van der Waals surface area contributed by atoms with Crippen LogP contribution in [0, 0.1) is 17.0 Å². The van der Waals surface area contributed by atoms with E-state index in [2.05, 4.69) is 5.32 Å². The lowest BCUT2D eigenvalue weighted by Gasteiger charge is -2.10. The van der Waals surface area contributed by atoms with Gasteiger partial charge in [0.25, 0.3) is 5.69 Å². The molecule has 2 aromatic rings. The van der Waals surface area contributed by atoms with E-state index < -0.39 is 4.92 Å². The maximum absolute atomic E-state index is 12.1. The smallest absolute Gasteiger partial charge is 0.296 e. The van der Waals surface area contributed by atoms with Gasteiger partial charge in [-0.15, -0.1) is 0 Å². The van der Waals surface area contributed by atoms with Crippen LogP contribution in [-0.2, 0) is 4.79 Å². The van der Waals surface area contributed by atoms with Gasteiger partial charge in [-0.25, -0.2) is 0 Å². The zero-order valence-electron chi connectivity index (χ0n) is 15.2. The highest BCUT2D eigenvalue weighted by atomic mass is 35.5. The molecule has 144 valence electrons. The van der Waals surface area contributed by atoms with Crippen molar-refractivity contribution in [1.82, 2.24) is 0 Å². The maximum atomic E-state index is 12.1. The number of hydrogen-bond acceptors (Lipinski definition) is 5. The fourth-order valence-corrected chi connectivity index (χ4v) is 2.65. The number of rotatable bonds is 9. The summed E-state index contributed by atoms with van der Waals surface area (Å²) >= 11 is 5.89.